The van der Waals surface area contributed by atoms with Gasteiger partial charge >= 0.3 is 6.18 Å². The van der Waals surface area contributed by atoms with Gasteiger partial charge in [0.05, 0.1) is 4.90 Å². The Hall–Kier alpha value is -0.790. The van der Waals surface area contributed by atoms with Crippen LogP contribution in [0.15, 0.2) is 29.2 Å². The molecule has 0 aliphatic rings. The monoisotopic (exact) mass is 329 g/mol. The summed E-state index contributed by atoms with van der Waals surface area (Å²) in [5.41, 5.74) is 0.289. The summed E-state index contributed by atoms with van der Waals surface area (Å²) in [5, 5.41) is 0. The first-order chi connectivity index (χ1) is 9.22. The molecule has 0 radical (unpaired) electrons. The Morgan fingerprint density at radius 3 is 2.35 bits per heavy atom. The van der Waals surface area contributed by atoms with Gasteiger partial charge < -0.3 is 0 Å². The van der Waals surface area contributed by atoms with E-state index in [1.807, 2.05) is 0 Å². The Morgan fingerprint density at radius 2 is 1.85 bits per heavy atom. The highest BCUT2D eigenvalue weighted by Crippen LogP contribution is 2.25. The zero-order valence-corrected chi connectivity index (χ0v) is 12.4. The third-order valence-electron chi connectivity index (χ3n) is 2.56. The molecule has 0 bridgehead atoms. The highest BCUT2D eigenvalue weighted by Gasteiger charge is 2.37. The van der Waals surface area contributed by atoms with Gasteiger partial charge in [-0.05, 0) is 18.1 Å². The Morgan fingerprint density at radius 1 is 1.25 bits per heavy atom. The second-order valence-corrected chi connectivity index (χ2v) is 6.37. The summed E-state index contributed by atoms with van der Waals surface area (Å²) in [6.45, 7) is -0.0788. The minimum absolute atomic E-state index is 0.0820. The molecule has 0 saturated carbocycles. The molecule has 8 heteroatoms. The summed E-state index contributed by atoms with van der Waals surface area (Å²) in [6.07, 6.45) is -4.30. The van der Waals surface area contributed by atoms with Crippen LogP contribution in [0, 0.1) is 0 Å². The maximum absolute atomic E-state index is 12.5. The van der Waals surface area contributed by atoms with Crippen LogP contribution < -0.4 is 0 Å². The fourth-order valence-electron chi connectivity index (χ4n) is 1.74. The van der Waals surface area contributed by atoms with E-state index in [1.165, 1.54) is 18.2 Å². The SMILES string of the molecule is CCCN(CC(F)(F)F)S(=O)(=O)c1ccccc1CCl. The summed E-state index contributed by atoms with van der Waals surface area (Å²) < 4.78 is 62.7. The zero-order valence-electron chi connectivity index (χ0n) is 10.8. The molecule has 0 N–H and O–H groups in total. The van der Waals surface area contributed by atoms with Crippen LogP contribution in [0.4, 0.5) is 13.2 Å². The Labute approximate surface area is 121 Å². The van der Waals surface area contributed by atoms with E-state index in [0.29, 0.717) is 10.7 Å². The van der Waals surface area contributed by atoms with E-state index in [2.05, 4.69) is 0 Å². The van der Waals surface area contributed by atoms with Crippen LogP contribution in [0.3, 0.4) is 0 Å². The smallest absolute Gasteiger partial charge is 0.207 e. The topological polar surface area (TPSA) is 37.4 Å². The lowest BCUT2D eigenvalue weighted by molar-refractivity contribution is -0.136. The Bertz CT molecular complexity index is 546. The second kappa shape index (κ2) is 6.78. The van der Waals surface area contributed by atoms with Crippen LogP contribution in [0.2, 0.25) is 0 Å². The van der Waals surface area contributed by atoms with E-state index >= 15 is 0 Å². The molecular weight excluding hydrogens is 315 g/mol. The second-order valence-electron chi connectivity index (χ2n) is 4.20. The number of sulfonamides is 1. The van der Waals surface area contributed by atoms with Crippen molar-refractivity contribution in [1.29, 1.82) is 0 Å². The molecule has 1 aromatic rings. The lowest BCUT2D eigenvalue weighted by Gasteiger charge is -2.23. The molecule has 1 aromatic carbocycles. The molecule has 0 aliphatic carbocycles. The van der Waals surface area contributed by atoms with Crippen LogP contribution >= 0.6 is 11.6 Å². The number of rotatable bonds is 6. The summed E-state index contributed by atoms with van der Waals surface area (Å²) in [5.74, 6) is -0.0820. The molecule has 0 unspecified atom stereocenters. The van der Waals surface area contributed by atoms with E-state index in [1.54, 1.807) is 13.0 Å². The summed E-state index contributed by atoms with van der Waals surface area (Å²) in [4.78, 5) is -0.173. The normalized spacial score (nSPS) is 12.9. The largest absolute Gasteiger partial charge is 0.402 e. The summed E-state index contributed by atoms with van der Waals surface area (Å²) in [6, 6.07) is 5.80. The molecule has 0 atom stereocenters. The summed E-state index contributed by atoms with van der Waals surface area (Å²) >= 11 is 5.65. The molecule has 0 aliphatic heterocycles. The van der Waals surface area contributed by atoms with E-state index in [9.17, 15) is 21.6 Å². The molecule has 0 aromatic heterocycles. The Kier molecular flexibility index (Phi) is 5.85. The van der Waals surface area contributed by atoms with Gasteiger partial charge in [0.1, 0.15) is 6.54 Å². The van der Waals surface area contributed by atoms with Crippen LogP contribution in [0.25, 0.3) is 0 Å². The minimum atomic E-state index is -4.59. The third-order valence-corrected chi connectivity index (χ3v) is 4.80. The Balaban J connectivity index is 3.22. The maximum atomic E-state index is 12.5. The average molecular weight is 330 g/mol. The van der Waals surface area contributed by atoms with Crippen LogP contribution in [-0.2, 0) is 15.9 Å². The van der Waals surface area contributed by atoms with Crippen molar-refractivity contribution in [2.24, 2.45) is 0 Å². The van der Waals surface area contributed by atoms with Crippen molar-refractivity contribution in [1.82, 2.24) is 4.31 Å². The lowest BCUT2D eigenvalue weighted by atomic mass is 10.2. The van der Waals surface area contributed by atoms with E-state index < -0.39 is 22.7 Å². The molecular formula is C12H15ClF3NO2S. The van der Waals surface area contributed by atoms with Crippen molar-refractivity contribution >= 4 is 21.6 Å². The fraction of sp³-hybridized carbons (Fsp3) is 0.500. The first kappa shape index (κ1) is 17.3. The number of nitrogens with zero attached hydrogens (tertiary/aromatic N) is 1. The van der Waals surface area contributed by atoms with Gasteiger partial charge in [0.2, 0.25) is 10.0 Å². The predicted octanol–water partition coefficient (Wildman–Crippen LogP) is 3.39. The molecule has 0 spiro atoms. The van der Waals surface area contributed by atoms with Gasteiger partial charge in [-0.1, -0.05) is 25.1 Å². The van der Waals surface area contributed by atoms with Gasteiger partial charge in [-0.25, -0.2) is 8.42 Å². The molecule has 20 heavy (non-hydrogen) atoms. The zero-order chi connectivity index (χ0) is 15.4. The molecule has 0 heterocycles. The molecule has 1 rings (SSSR count). The van der Waals surface area contributed by atoms with Crippen molar-refractivity contribution in [2.75, 3.05) is 13.1 Å². The van der Waals surface area contributed by atoms with E-state index in [-0.39, 0.29) is 22.9 Å². The molecule has 0 amide bonds. The average Bonchev–Trinajstić information content (AvgIpc) is 2.36. The highest BCUT2D eigenvalue weighted by molar-refractivity contribution is 7.89. The predicted molar refractivity (Wildman–Crippen MR) is 71.1 cm³/mol. The molecule has 0 saturated heterocycles. The van der Waals surface area contributed by atoms with E-state index in [0.717, 1.165) is 0 Å². The van der Waals surface area contributed by atoms with Gasteiger partial charge in [-0.3, -0.25) is 0 Å². The van der Waals surface area contributed by atoms with Crippen LogP contribution in [0.1, 0.15) is 18.9 Å². The third kappa shape index (κ3) is 4.36. The number of hydrogen-bond acceptors (Lipinski definition) is 2. The number of halogens is 4. The van der Waals surface area contributed by atoms with Crippen molar-refractivity contribution in [3.8, 4) is 0 Å². The summed E-state index contributed by atoms with van der Waals surface area (Å²) in [7, 11) is -4.21. The van der Waals surface area contributed by atoms with Crippen molar-refractivity contribution in [2.45, 2.75) is 30.3 Å². The molecule has 3 nitrogen and oxygen atoms in total. The highest BCUT2D eigenvalue weighted by atomic mass is 35.5. The quantitative estimate of drug-likeness (QED) is 0.750. The van der Waals surface area contributed by atoms with Crippen molar-refractivity contribution in [3.63, 3.8) is 0 Å². The van der Waals surface area contributed by atoms with E-state index in [4.69, 9.17) is 11.6 Å². The molecule has 0 fully saturated rings. The fourth-order valence-corrected chi connectivity index (χ4v) is 3.79. The number of benzene rings is 1. The molecule has 114 valence electrons. The van der Waals surface area contributed by atoms with Gasteiger partial charge in [-0.15, -0.1) is 11.6 Å². The minimum Gasteiger partial charge on any atom is -0.207 e. The van der Waals surface area contributed by atoms with Gasteiger partial charge in [0.15, 0.2) is 0 Å². The maximum Gasteiger partial charge on any atom is 0.402 e. The van der Waals surface area contributed by atoms with Gasteiger partial charge in [0, 0.05) is 12.4 Å². The first-order valence-electron chi connectivity index (χ1n) is 5.93. The van der Waals surface area contributed by atoms with Gasteiger partial charge in [-0.2, -0.15) is 17.5 Å². The number of alkyl halides is 4. The first-order valence-corrected chi connectivity index (χ1v) is 7.90. The van der Waals surface area contributed by atoms with Crippen LogP contribution in [-0.4, -0.2) is 32.0 Å². The number of hydrogen-bond donors (Lipinski definition) is 0. The standard InChI is InChI=1S/C12H15ClF3NO2S/c1-2-7-17(9-12(14,15)16)20(18,19)11-6-4-3-5-10(11)8-13/h3-6H,2,7-9H2,1H3. The van der Waals surface area contributed by atoms with Crippen molar-refractivity contribution < 1.29 is 21.6 Å². The van der Waals surface area contributed by atoms with Crippen molar-refractivity contribution in [3.05, 3.63) is 29.8 Å². The lowest BCUT2D eigenvalue weighted by Crippen LogP contribution is -2.39. The van der Waals surface area contributed by atoms with Crippen LogP contribution in [0.5, 0.6) is 0 Å². The van der Waals surface area contributed by atoms with Gasteiger partial charge in [0.25, 0.3) is 0 Å².